The van der Waals surface area contributed by atoms with E-state index in [9.17, 15) is 9.59 Å². The number of benzene rings is 1. The van der Waals surface area contributed by atoms with Crippen molar-refractivity contribution in [3.8, 4) is 0 Å². The number of carbonyl (C=O) groups is 2. The number of rotatable bonds is 4. The molecule has 2 aromatic rings. The van der Waals surface area contributed by atoms with Gasteiger partial charge in [0, 0.05) is 31.9 Å². The van der Waals surface area contributed by atoms with Crippen molar-refractivity contribution in [2.75, 3.05) is 18.0 Å². The molecule has 0 spiro atoms. The van der Waals surface area contributed by atoms with E-state index in [0.717, 1.165) is 35.0 Å². The number of fused-ring (bicyclic) bond motifs is 1. The van der Waals surface area contributed by atoms with Gasteiger partial charge >= 0.3 is 0 Å². The van der Waals surface area contributed by atoms with Crippen molar-refractivity contribution >= 4 is 28.4 Å². The summed E-state index contributed by atoms with van der Waals surface area (Å²) in [6.45, 7) is 5.36. The van der Waals surface area contributed by atoms with Crippen molar-refractivity contribution in [2.24, 2.45) is 7.05 Å². The molecule has 1 saturated heterocycles. The summed E-state index contributed by atoms with van der Waals surface area (Å²) < 4.78 is 1.90. The van der Waals surface area contributed by atoms with E-state index in [0.29, 0.717) is 25.2 Å². The zero-order valence-corrected chi connectivity index (χ0v) is 14.0. The van der Waals surface area contributed by atoms with Crippen LogP contribution in [0.15, 0.2) is 18.2 Å². The fraction of sp³-hybridized carbons (Fsp3) is 0.444. The van der Waals surface area contributed by atoms with Crippen LogP contribution in [0.25, 0.3) is 10.9 Å². The largest absolute Gasteiger partial charge is 0.351 e. The summed E-state index contributed by atoms with van der Waals surface area (Å²) >= 11 is 0. The first-order valence-corrected chi connectivity index (χ1v) is 8.22. The lowest BCUT2D eigenvalue weighted by molar-refractivity contribution is -0.117. The molecule has 3 rings (SSSR count). The quantitative estimate of drug-likeness (QED) is 0.943. The molecule has 0 atom stereocenters. The van der Waals surface area contributed by atoms with Gasteiger partial charge in [-0.25, -0.2) is 0 Å². The van der Waals surface area contributed by atoms with Gasteiger partial charge in [-0.1, -0.05) is 18.6 Å². The van der Waals surface area contributed by atoms with E-state index >= 15 is 0 Å². The first-order valence-electron chi connectivity index (χ1n) is 8.22. The van der Waals surface area contributed by atoms with E-state index in [1.54, 1.807) is 4.90 Å². The molecule has 0 aliphatic carbocycles. The Balaban J connectivity index is 2.22. The van der Waals surface area contributed by atoms with Crippen LogP contribution in [-0.4, -0.2) is 29.5 Å². The Morgan fingerprint density at radius 2 is 2.13 bits per heavy atom. The van der Waals surface area contributed by atoms with Crippen LogP contribution in [0.4, 0.5) is 5.69 Å². The van der Waals surface area contributed by atoms with Gasteiger partial charge < -0.3 is 14.8 Å². The first-order chi connectivity index (χ1) is 11.0. The van der Waals surface area contributed by atoms with Crippen molar-refractivity contribution in [3.05, 3.63) is 29.5 Å². The molecule has 1 N–H and O–H groups in total. The van der Waals surface area contributed by atoms with E-state index in [1.165, 1.54) is 0 Å². The second-order valence-electron chi connectivity index (χ2n) is 6.18. The summed E-state index contributed by atoms with van der Waals surface area (Å²) in [7, 11) is 1.89. The Morgan fingerprint density at radius 1 is 1.35 bits per heavy atom. The summed E-state index contributed by atoms with van der Waals surface area (Å²) in [5.41, 5.74) is 3.44. The minimum absolute atomic E-state index is 0.101. The van der Waals surface area contributed by atoms with Crippen LogP contribution in [0, 0.1) is 6.92 Å². The zero-order valence-electron chi connectivity index (χ0n) is 14.0. The molecule has 5 nitrogen and oxygen atoms in total. The maximum atomic E-state index is 12.7. The summed E-state index contributed by atoms with van der Waals surface area (Å²) in [6, 6.07) is 6.11. The third kappa shape index (κ3) is 2.60. The van der Waals surface area contributed by atoms with Crippen molar-refractivity contribution < 1.29 is 9.59 Å². The van der Waals surface area contributed by atoms with Crippen molar-refractivity contribution in [3.63, 3.8) is 0 Å². The predicted octanol–water partition coefficient (Wildman–Crippen LogP) is 2.75. The number of carbonyl (C=O) groups excluding carboxylic acids is 2. The van der Waals surface area contributed by atoms with Gasteiger partial charge in [-0.3, -0.25) is 9.59 Å². The smallest absolute Gasteiger partial charge is 0.270 e. The Hall–Kier alpha value is -2.30. The Kier molecular flexibility index (Phi) is 4.11. The number of hydrogen-bond acceptors (Lipinski definition) is 2. The van der Waals surface area contributed by atoms with Gasteiger partial charge in [0.25, 0.3) is 5.91 Å². The molecule has 0 radical (unpaired) electrons. The number of amides is 2. The van der Waals surface area contributed by atoms with Crippen molar-refractivity contribution in [1.29, 1.82) is 0 Å². The molecule has 1 aromatic carbocycles. The van der Waals surface area contributed by atoms with Gasteiger partial charge in [-0.15, -0.1) is 0 Å². The van der Waals surface area contributed by atoms with Gasteiger partial charge in [0.2, 0.25) is 5.91 Å². The zero-order chi connectivity index (χ0) is 16.6. The normalized spacial score (nSPS) is 14.7. The second-order valence-corrected chi connectivity index (χ2v) is 6.18. The van der Waals surface area contributed by atoms with Crippen LogP contribution in [0.3, 0.4) is 0 Å². The Bertz CT molecular complexity index is 776. The molecule has 1 fully saturated rings. The van der Waals surface area contributed by atoms with Crippen LogP contribution in [-0.2, 0) is 11.8 Å². The molecule has 2 heterocycles. The summed E-state index contributed by atoms with van der Waals surface area (Å²) in [6.07, 6.45) is 2.28. The van der Waals surface area contributed by atoms with Gasteiger partial charge in [0.15, 0.2) is 0 Å². The fourth-order valence-electron chi connectivity index (χ4n) is 3.28. The maximum absolute atomic E-state index is 12.7. The number of nitrogens with zero attached hydrogens (tertiary/aromatic N) is 2. The molecule has 122 valence electrons. The Morgan fingerprint density at radius 3 is 2.78 bits per heavy atom. The molecule has 0 bridgehead atoms. The number of anilines is 1. The van der Waals surface area contributed by atoms with Crippen molar-refractivity contribution in [2.45, 2.75) is 33.1 Å². The van der Waals surface area contributed by atoms with Crippen LogP contribution in [0.5, 0.6) is 0 Å². The molecular formula is C18H23N3O2. The molecule has 23 heavy (non-hydrogen) atoms. The fourth-order valence-corrected chi connectivity index (χ4v) is 3.28. The molecule has 1 aromatic heterocycles. The van der Waals surface area contributed by atoms with E-state index in [-0.39, 0.29) is 11.8 Å². The molecule has 5 heteroatoms. The minimum Gasteiger partial charge on any atom is -0.351 e. The summed E-state index contributed by atoms with van der Waals surface area (Å²) in [4.78, 5) is 26.8. The third-order valence-corrected chi connectivity index (χ3v) is 4.42. The van der Waals surface area contributed by atoms with E-state index < -0.39 is 0 Å². The number of aryl methyl sites for hydroxylation is 2. The van der Waals surface area contributed by atoms with E-state index in [1.807, 2.05) is 37.6 Å². The SMILES string of the molecule is CCCNC(=O)c1c(N2CCCC2=O)c2cc(C)ccc2n1C. The standard InChI is InChI=1S/C18H23N3O2/c1-4-9-19-18(23)17-16(21-10-5-6-15(21)22)13-11-12(2)7-8-14(13)20(17)3/h7-8,11H,4-6,9-10H2,1-3H3,(H,19,23). The van der Waals surface area contributed by atoms with Crippen molar-refractivity contribution in [1.82, 2.24) is 9.88 Å². The average Bonchev–Trinajstić information content (AvgIpc) is 3.06. The van der Waals surface area contributed by atoms with Crippen LogP contribution < -0.4 is 10.2 Å². The van der Waals surface area contributed by atoms with Crippen LogP contribution >= 0.6 is 0 Å². The third-order valence-electron chi connectivity index (χ3n) is 4.42. The second kappa shape index (κ2) is 6.07. The Labute approximate surface area is 136 Å². The maximum Gasteiger partial charge on any atom is 0.270 e. The van der Waals surface area contributed by atoms with Gasteiger partial charge in [-0.2, -0.15) is 0 Å². The number of aromatic nitrogens is 1. The average molecular weight is 313 g/mol. The lowest BCUT2D eigenvalue weighted by atomic mass is 10.1. The van der Waals surface area contributed by atoms with E-state index in [2.05, 4.69) is 11.4 Å². The molecule has 1 aliphatic rings. The number of hydrogen-bond donors (Lipinski definition) is 1. The molecule has 0 unspecified atom stereocenters. The molecule has 2 amide bonds. The predicted molar refractivity (Wildman–Crippen MR) is 91.9 cm³/mol. The van der Waals surface area contributed by atoms with Gasteiger partial charge in [0.1, 0.15) is 5.69 Å². The highest BCUT2D eigenvalue weighted by molar-refractivity contribution is 6.14. The van der Waals surface area contributed by atoms with Gasteiger partial charge in [-0.05, 0) is 31.9 Å². The summed E-state index contributed by atoms with van der Waals surface area (Å²) in [5, 5.41) is 3.92. The molecule has 0 saturated carbocycles. The summed E-state index contributed by atoms with van der Waals surface area (Å²) in [5.74, 6) is -0.0125. The minimum atomic E-state index is -0.113. The lowest BCUT2D eigenvalue weighted by Gasteiger charge is -2.17. The lowest BCUT2D eigenvalue weighted by Crippen LogP contribution is -2.30. The topological polar surface area (TPSA) is 54.3 Å². The highest BCUT2D eigenvalue weighted by Gasteiger charge is 2.31. The van der Waals surface area contributed by atoms with Crippen LogP contribution in [0.2, 0.25) is 0 Å². The highest BCUT2D eigenvalue weighted by atomic mass is 16.2. The molecular weight excluding hydrogens is 290 g/mol. The number of nitrogens with one attached hydrogen (secondary N) is 1. The first kappa shape index (κ1) is 15.6. The van der Waals surface area contributed by atoms with E-state index in [4.69, 9.17) is 0 Å². The highest BCUT2D eigenvalue weighted by Crippen LogP contribution is 2.36. The molecule has 1 aliphatic heterocycles. The monoisotopic (exact) mass is 313 g/mol. The van der Waals surface area contributed by atoms with Crippen LogP contribution in [0.1, 0.15) is 42.2 Å². The van der Waals surface area contributed by atoms with Gasteiger partial charge in [0.05, 0.1) is 11.2 Å².